The predicted octanol–water partition coefficient (Wildman–Crippen LogP) is 5.14. The van der Waals surface area contributed by atoms with Crippen molar-refractivity contribution in [1.82, 2.24) is 9.13 Å². The van der Waals surface area contributed by atoms with Gasteiger partial charge >= 0.3 is 0 Å². The van der Waals surface area contributed by atoms with Gasteiger partial charge in [-0.15, -0.1) is 0 Å². The molecule has 0 amide bonds. The molecule has 11 rings (SSSR count). The van der Waals surface area contributed by atoms with E-state index in [0.29, 0.717) is 0 Å². The normalized spacial score (nSPS) is 23.4. The lowest BCUT2D eigenvalue weighted by Gasteiger charge is -2.20. The molecule has 2 aliphatic heterocycles. The van der Waals surface area contributed by atoms with Crippen molar-refractivity contribution in [1.29, 1.82) is 0 Å². The van der Waals surface area contributed by atoms with E-state index in [1.807, 2.05) is 45.6 Å². The number of aromatic nitrogens is 2. The van der Waals surface area contributed by atoms with E-state index in [1.54, 1.807) is 0 Å². The van der Waals surface area contributed by atoms with E-state index < -0.39 is 0 Å². The molecule has 0 radical (unpaired) electrons. The number of fused-ring (bicyclic) bond motifs is 10. The second kappa shape index (κ2) is 6.92. The van der Waals surface area contributed by atoms with E-state index in [0.717, 1.165) is 75.6 Å². The molecule has 0 saturated heterocycles. The average molecular weight is 541 g/mol. The Hall–Kier alpha value is -5.36. The van der Waals surface area contributed by atoms with Crippen LogP contribution in [-0.4, -0.2) is 21.2 Å². The lowest BCUT2D eigenvalue weighted by Crippen LogP contribution is -2.34. The van der Waals surface area contributed by atoms with Crippen LogP contribution in [0.15, 0.2) is 117 Å². The number of hydrogen-bond acceptors (Lipinski definition) is 4. The predicted molar refractivity (Wildman–Crippen MR) is 167 cm³/mol. The van der Waals surface area contributed by atoms with Crippen LogP contribution in [0.4, 0.5) is 0 Å². The van der Waals surface area contributed by atoms with Gasteiger partial charge in [0, 0.05) is 32.3 Å². The largest absolute Gasteiger partial charge is 0.283 e. The zero-order valence-electron chi connectivity index (χ0n) is 22.2. The van der Waals surface area contributed by atoms with E-state index in [4.69, 9.17) is 9.98 Å². The van der Waals surface area contributed by atoms with Crippen LogP contribution >= 0.6 is 0 Å². The van der Waals surface area contributed by atoms with Crippen molar-refractivity contribution in [2.75, 3.05) is 0 Å². The highest BCUT2D eigenvalue weighted by Gasteiger charge is 2.32. The van der Waals surface area contributed by atoms with Crippen LogP contribution in [0.5, 0.6) is 0 Å². The first-order valence-corrected chi connectivity index (χ1v) is 14.4. The number of pyridine rings is 2. The molecule has 42 heavy (non-hydrogen) atoms. The smallest absolute Gasteiger partial charge is 0.260 e. The van der Waals surface area contributed by atoms with Gasteiger partial charge in [0.1, 0.15) is 11.0 Å². The summed E-state index contributed by atoms with van der Waals surface area (Å²) in [4.78, 5) is 38.1. The topological polar surface area (TPSA) is 68.7 Å². The minimum Gasteiger partial charge on any atom is -0.283 e. The van der Waals surface area contributed by atoms with Crippen molar-refractivity contribution in [3.05, 3.63) is 129 Å². The summed E-state index contributed by atoms with van der Waals surface area (Å²) in [5.74, 6) is 0. The number of nitrogens with zero attached hydrogens (tertiary/aromatic N) is 4. The minimum absolute atomic E-state index is 0.00272. The number of rotatable bonds is 0. The van der Waals surface area contributed by atoms with Gasteiger partial charge in [-0.2, -0.15) is 0 Å². The van der Waals surface area contributed by atoms with E-state index in [1.165, 1.54) is 0 Å². The van der Waals surface area contributed by atoms with E-state index in [2.05, 4.69) is 60.7 Å². The van der Waals surface area contributed by atoms with Gasteiger partial charge in [-0.3, -0.25) is 28.7 Å². The summed E-state index contributed by atoms with van der Waals surface area (Å²) < 4.78 is 3.74. The molecule has 0 spiro atoms. The van der Waals surface area contributed by atoms with Crippen molar-refractivity contribution >= 4 is 64.6 Å². The highest BCUT2D eigenvalue weighted by atomic mass is 16.1. The van der Waals surface area contributed by atoms with Crippen molar-refractivity contribution in [2.45, 2.75) is 24.2 Å². The summed E-state index contributed by atoms with van der Waals surface area (Å²) in [5.41, 5.74) is 1.52. The van der Waals surface area contributed by atoms with Gasteiger partial charge < -0.3 is 0 Å². The first-order chi connectivity index (χ1) is 20.7. The lowest BCUT2D eigenvalue weighted by atomic mass is 9.86. The van der Waals surface area contributed by atoms with Crippen molar-refractivity contribution < 1.29 is 0 Å². The number of benzene rings is 5. The Balaban J connectivity index is 1.34. The quantitative estimate of drug-likeness (QED) is 0.197. The maximum Gasteiger partial charge on any atom is 0.260 e. The fourth-order valence-electron chi connectivity index (χ4n) is 8.31. The molecular weight excluding hydrogens is 520 g/mol. The standard InChI is InChI=1S/C36H20N4O2/c41-35-23-15-11-19-18-10-14-22-32-24(36(42)40-28-8-4-2-6-26(28)38-34(22)40)16-12-20(30(18)32)17-9-13-21(31(23)29(17)19)33-37-25-5-1-3-7-27(25)39(33)35/h1-16,25-28H. The van der Waals surface area contributed by atoms with Gasteiger partial charge in [0.15, 0.2) is 0 Å². The van der Waals surface area contributed by atoms with Crippen LogP contribution in [0.2, 0.25) is 0 Å². The molecule has 5 aromatic carbocycles. The molecule has 0 N–H and O–H groups in total. The second-order valence-corrected chi connectivity index (χ2v) is 11.9. The summed E-state index contributed by atoms with van der Waals surface area (Å²) in [7, 11) is 0. The third-order valence-corrected chi connectivity index (χ3v) is 10.0. The van der Waals surface area contributed by atoms with E-state index >= 15 is 0 Å². The second-order valence-electron chi connectivity index (χ2n) is 11.9. The Morgan fingerprint density at radius 1 is 0.429 bits per heavy atom. The highest BCUT2D eigenvalue weighted by Crippen LogP contribution is 2.44. The van der Waals surface area contributed by atoms with Crippen LogP contribution in [0.1, 0.15) is 12.1 Å². The van der Waals surface area contributed by atoms with Crippen LogP contribution in [0.25, 0.3) is 64.6 Å². The monoisotopic (exact) mass is 540 g/mol. The van der Waals surface area contributed by atoms with Crippen molar-refractivity contribution in [2.24, 2.45) is 9.98 Å². The molecule has 2 aliphatic carbocycles. The van der Waals surface area contributed by atoms with Gasteiger partial charge in [-0.05, 0) is 56.6 Å². The molecule has 4 heterocycles. The zero-order chi connectivity index (χ0) is 27.4. The minimum atomic E-state index is -0.0877. The van der Waals surface area contributed by atoms with Crippen LogP contribution in [0.3, 0.4) is 0 Å². The molecule has 4 aliphatic rings. The lowest BCUT2D eigenvalue weighted by molar-refractivity contribution is 0.577. The molecule has 7 aromatic rings. The van der Waals surface area contributed by atoms with Gasteiger partial charge in [0.25, 0.3) is 11.1 Å². The van der Waals surface area contributed by atoms with E-state index in [-0.39, 0.29) is 35.3 Å². The summed E-state index contributed by atoms with van der Waals surface area (Å²) in [6.07, 6.45) is 16.3. The Morgan fingerprint density at radius 2 is 0.762 bits per heavy atom. The maximum atomic E-state index is 14.0. The fraction of sp³-hybridized carbons (Fsp3) is 0.111. The first kappa shape index (κ1) is 21.4. The Kier molecular flexibility index (Phi) is 3.52. The Labute approximate surface area is 236 Å². The SMILES string of the molecule is O=c1c2ccc3c4ccc5c6n(c(=O)c7ccc(c8ccc(c9n1C1C=CC=CC1N=9)c2c38)c4c75)C1C=CC=CC1N=6. The summed E-state index contributed by atoms with van der Waals surface area (Å²) in [6.45, 7) is 0. The van der Waals surface area contributed by atoms with Crippen LogP contribution in [-0.2, 0) is 0 Å². The number of allylic oxidation sites excluding steroid dienone is 4. The molecule has 0 fully saturated rings. The van der Waals surface area contributed by atoms with Crippen molar-refractivity contribution in [3.63, 3.8) is 0 Å². The van der Waals surface area contributed by atoms with Crippen molar-refractivity contribution in [3.8, 4) is 0 Å². The van der Waals surface area contributed by atoms with Gasteiger partial charge in [-0.25, -0.2) is 0 Å². The average Bonchev–Trinajstić information content (AvgIpc) is 3.61. The molecule has 4 atom stereocenters. The Bertz CT molecular complexity index is 2600. The molecular formula is C36H20N4O2. The van der Waals surface area contributed by atoms with Gasteiger partial charge in [-0.1, -0.05) is 72.9 Å². The molecule has 4 unspecified atom stereocenters. The third-order valence-electron chi connectivity index (χ3n) is 10.0. The summed E-state index contributed by atoms with van der Waals surface area (Å²) in [6, 6.07) is 16.5. The van der Waals surface area contributed by atoms with Crippen LogP contribution < -0.4 is 22.1 Å². The summed E-state index contributed by atoms with van der Waals surface area (Å²) in [5, 5.41) is 11.9. The van der Waals surface area contributed by atoms with Gasteiger partial charge in [0.2, 0.25) is 0 Å². The molecule has 0 saturated carbocycles. The molecule has 6 heteroatoms. The Morgan fingerprint density at radius 3 is 1.19 bits per heavy atom. The highest BCUT2D eigenvalue weighted by molar-refractivity contribution is 6.39. The third kappa shape index (κ3) is 2.23. The first-order valence-electron chi connectivity index (χ1n) is 14.4. The zero-order valence-corrected chi connectivity index (χ0v) is 22.2. The van der Waals surface area contributed by atoms with Gasteiger partial charge in [0.05, 0.1) is 24.2 Å². The molecule has 2 aromatic heterocycles. The van der Waals surface area contributed by atoms with E-state index in [9.17, 15) is 9.59 Å². The number of hydrogen-bond donors (Lipinski definition) is 0. The fourth-order valence-corrected chi connectivity index (χ4v) is 8.31. The maximum absolute atomic E-state index is 14.0. The van der Waals surface area contributed by atoms with Crippen LogP contribution in [0, 0.1) is 0 Å². The summed E-state index contributed by atoms with van der Waals surface area (Å²) >= 11 is 0. The molecule has 6 nitrogen and oxygen atoms in total. The molecule has 196 valence electrons. The molecule has 0 bridgehead atoms.